The molecule has 0 unspecified atom stereocenters. The van der Waals surface area contributed by atoms with E-state index in [1.165, 1.54) is 0 Å². The molecule has 0 spiro atoms. The molecule has 0 aromatic carbocycles. The van der Waals surface area contributed by atoms with Crippen molar-refractivity contribution in [2.75, 3.05) is 33.2 Å². The van der Waals surface area contributed by atoms with E-state index in [4.69, 9.17) is 4.42 Å². The first-order valence-electron chi connectivity index (χ1n) is 5.50. The van der Waals surface area contributed by atoms with Crippen LogP contribution in [0, 0.1) is 13.8 Å². The summed E-state index contributed by atoms with van der Waals surface area (Å²) in [4.78, 5) is 20.3. The lowest BCUT2D eigenvalue weighted by Crippen LogP contribution is -2.47. The Balaban J connectivity index is 2.10. The van der Waals surface area contributed by atoms with Gasteiger partial charge in [0.2, 0.25) is 5.76 Å². The van der Waals surface area contributed by atoms with Crippen molar-refractivity contribution in [1.82, 2.24) is 14.8 Å². The molecule has 0 radical (unpaired) electrons. The predicted molar refractivity (Wildman–Crippen MR) is 59.4 cm³/mol. The van der Waals surface area contributed by atoms with Crippen molar-refractivity contribution in [1.29, 1.82) is 0 Å². The quantitative estimate of drug-likeness (QED) is 0.702. The third-order valence-electron chi connectivity index (χ3n) is 2.89. The Labute approximate surface area is 95.0 Å². The number of piperazine rings is 1. The Morgan fingerprint density at radius 3 is 2.38 bits per heavy atom. The lowest BCUT2D eigenvalue weighted by Gasteiger charge is -2.31. The number of oxazole rings is 1. The molecule has 1 fully saturated rings. The predicted octanol–water partition coefficient (Wildman–Crippen LogP) is 0.679. The van der Waals surface area contributed by atoms with E-state index in [-0.39, 0.29) is 5.91 Å². The van der Waals surface area contributed by atoms with Crippen molar-refractivity contribution in [2.45, 2.75) is 13.8 Å². The standard InChI is InChI=1S/C11H17N3O2/c1-8-10(16-9(2)12-8)11(15)14-6-4-13(3)5-7-14/h4-7H2,1-3H3. The Bertz CT molecular complexity index is 392. The Hall–Kier alpha value is -1.36. The number of hydrogen-bond donors (Lipinski definition) is 0. The Morgan fingerprint density at radius 1 is 1.25 bits per heavy atom. The highest BCUT2D eigenvalue weighted by molar-refractivity contribution is 5.92. The number of aryl methyl sites for hydroxylation is 2. The molecular formula is C11H17N3O2. The summed E-state index contributed by atoms with van der Waals surface area (Å²) in [7, 11) is 2.06. The van der Waals surface area contributed by atoms with Gasteiger partial charge in [-0.05, 0) is 14.0 Å². The topological polar surface area (TPSA) is 49.6 Å². The average Bonchev–Trinajstić information content (AvgIpc) is 2.58. The minimum Gasteiger partial charge on any atom is -0.436 e. The van der Waals surface area contributed by atoms with E-state index in [2.05, 4.69) is 16.9 Å². The number of carbonyl (C=O) groups is 1. The van der Waals surface area contributed by atoms with Gasteiger partial charge in [0.15, 0.2) is 5.89 Å². The van der Waals surface area contributed by atoms with Crippen LogP contribution in [-0.4, -0.2) is 53.9 Å². The van der Waals surface area contributed by atoms with Crippen LogP contribution >= 0.6 is 0 Å². The molecule has 1 saturated heterocycles. The van der Waals surface area contributed by atoms with Gasteiger partial charge in [-0.25, -0.2) is 4.98 Å². The fraction of sp³-hybridized carbons (Fsp3) is 0.636. The molecular weight excluding hydrogens is 206 g/mol. The number of rotatable bonds is 1. The third kappa shape index (κ3) is 2.09. The summed E-state index contributed by atoms with van der Waals surface area (Å²) in [6.07, 6.45) is 0. The fourth-order valence-electron chi connectivity index (χ4n) is 1.88. The number of carbonyl (C=O) groups excluding carboxylic acids is 1. The summed E-state index contributed by atoms with van der Waals surface area (Å²) < 4.78 is 5.34. The van der Waals surface area contributed by atoms with Crippen molar-refractivity contribution in [2.24, 2.45) is 0 Å². The van der Waals surface area contributed by atoms with Gasteiger partial charge in [0.05, 0.1) is 5.69 Å². The van der Waals surface area contributed by atoms with E-state index >= 15 is 0 Å². The molecule has 2 heterocycles. The van der Waals surface area contributed by atoms with Crippen LogP contribution in [0.2, 0.25) is 0 Å². The van der Waals surface area contributed by atoms with E-state index in [9.17, 15) is 4.79 Å². The molecule has 1 aromatic rings. The van der Waals surface area contributed by atoms with Crippen LogP contribution in [0.1, 0.15) is 22.1 Å². The highest BCUT2D eigenvalue weighted by atomic mass is 16.4. The molecule has 0 saturated carbocycles. The van der Waals surface area contributed by atoms with Gasteiger partial charge in [-0.2, -0.15) is 0 Å². The van der Waals surface area contributed by atoms with Gasteiger partial charge in [-0.1, -0.05) is 0 Å². The molecule has 0 bridgehead atoms. The highest BCUT2D eigenvalue weighted by Crippen LogP contribution is 2.13. The first-order chi connectivity index (χ1) is 7.58. The number of hydrogen-bond acceptors (Lipinski definition) is 4. The van der Waals surface area contributed by atoms with E-state index in [1.54, 1.807) is 13.8 Å². The molecule has 0 atom stereocenters. The molecule has 2 rings (SSSR count). The minimum absolute atomic E-state index is 0.0359. The van der Waals surface area contributed by atoms with Crippen molar-refractivity contribution >= 4 is 5.91 Å². The maximum absolute atomic E-state index is 12.1. The first-order valence-corrected chi connectivity index (χ1v) is 5.50. The van der Waals surface area contributed by atoms with Crippen LogP contribution in [0.3, 0.4) is 0 Å². The third-order valence-corrected chi connectivity index (χ3v) is 2.89. The summed E-state index contributed by atoms with van der Waals surface area (Å²) in [5.74, 6) is 0.906. The largest absolute Gasteiger partial charge is 0.436 e. The average molecular weight is 223 g/mol. The molecule has 1 aromatic heterocycles. The van der Waals surface area contributed by atoms with E-state index in [0.29, 0.717) is 17.3 Å². The molecule has 0 N–H and O–H groups in total. The molecule has 1 aliphatic heterocycles. The van der Waals surface area contributed by atoms with Crippen molar-refractivity contribution in [3.8, 4) is 0 Å². The molecule has 5 nitrogen and oxygen atoms in total. The molecule has 1 amide bonds. The van der Waals surface area contributed by atoms with Crippen LogP contribution < -0.4 is 0 Å². The highest BCUT2D eigenvalue weighted by Gasteiger charge is 2.24. The van der Waals surface area contributed by atoms with Gasteiger partial charge in [-0.3, -0.25) is 4.79 Å². The van der Waals surface area contributed by atoms with Crippen molar-refractivity contribution in [3.05, 3.63) is 17.3 Å². The van der Waals surface area contributed by atoms with Gasteiger partial charge >= 0.3 is 0 Å². The van der Waals surface area contributed by atoms with Crippen LogP contribution in [-0.2, 0) is 0 Å². The molecule has 88 valence electrons. The number of likely N-dealkylation sites (N-methyl/N-ethyl adjacent to an activating group) is 1. The zero-order valence-corrected chi connectivity index (χ0v) is 9.99. The Morgan fingerprint density at radius 2 is 1.88 bits per heavy atom. The lowest BCUT2D eigenvalue weighted by atomic mass is 10.2. The van der Waals surface area contributed by atoms with Gasteiger partial charge in [0.25, 0.3) is 5.91 Å². The normalized spacial score (nSPS) is 17.8. The second-order valence-electron chi connectivity index (χ2n) is 4.24. The minimum atomic E-state index is -0.0359. The SMILES string of the molecule is Cc1nc(C)c(C(=O)N2CCN(C)CC2)o1. The zero-order chi connectivity index (χ0) is 11.7. The van der Waals surface area contributed by atoms with Gasteiger partial charge < -0.3 is 14.2 Å². The first kappa shape index (κ1) is 11.1. The second-order valence-corrected chi connectivity index (χ2v) is 4.24. The van der Waals surface area contributed by atoms with E-state index in [1.807, 2.05) is 4.90 Å². The fourth-order valence-corrected chi connectivity index (χ4v) is 1.88. The molecule has 1 aliphatic rings. The van der Waals surface area contributed by atoms with Gasteiger partial charge in [0.1, 0.15) is 0 Å². The maximum atomic E-state index is 12.1. The van der Waals surface area contributed by atoms with E-state index in [0.717, 1.165) is 26.2 Å². The van der Waals surface area contributed by atoms with Gasteiger partial charge in [0, 0.05) is 33.1 Å². The number of nitrogens with zero attached hydrogens (tertiary/aromatic N) is 3. The lowest BCUT2D eigenvalue weighted by molar-refractivity contribution is 0.0630. The van der Waals surface area contributed by atoms with Crippen molar-refractivity contribution in [3.63, 3.8) is 0 Å². The van der Waals surface area contributed by atoms with Crippen LogP contribution in [0.15, 0.2) is 4.42 Å². The number of amides is 1. The molecule has 5 heteroatoms. The molecule has 0 aliphatic carbocycles. The van der Waals surface area contributed by atoms with E-state index < -0.39 is 0 Å². The Kier molecular flexibility index (Phi) is 2.96. The number of aromatic nitrogens is 1. The summed E-state index contributed by atoms with van der Waals surface area (Å²) in [6, 6.07) is 0. The van der Waals surface area contributed by atoms with Crippen LogP contribution in [0.5, 0.6) is 0 Å². The monoisotopic (exact) mass is 223 g/mol. The van der Waals surface area contributed by atoms with Crippen molar-refractivity contribution < 1.29 is 9.21 Å². The van der Waals surface area contributed by atoms with Crippen LogP contribution in [0.4, 0.5) is 0 Å². The maximum Gasteiger partial charge on any atom is 0.291 e. The van der Waals surface area contributed by atoms with Gasteiger partial charge in [-0.15, -0.1) is 0 Å². The summed E-state index contributed by atoms with van der Waals surface area (Å²) in [6.45, 7) is 6.91. The summed E-state index contributed by atoms with van der Waals surface area (Å²) in [5.41, 5.74) is 0.682. The smallest absolute Gasteiger partial charge is 0.291 e. The van der Waals surface area contributed by atoms with Crippen LogP contribution in [0.25, 0.3) is 0 Å². The summed E-state index contributed by atoms with van der Waals surface area (Å²) in [5, 5.41) is 0. The zero-order valence-electron chi connectivity index (χ0n) is 9.99. The summed E-state index contributed by atoms with van der Waals surface area (Å²) >= 11 is 0. The second kappa shape index (κ2) is 4.25. The molecule has 16 heavy (non-hydrogen) atoms.